The van der Waals surface area contributed by atoms with Gasteiger partial charge >= 0.3 is 12.2 Å². The predicted molar refractivity (Wildman–Crippen MR) is 91.9 cm³/mol. The van der Waals surface area contributed by atoms with Crippen LogP contribution in [0.25, 0.3) is 0 Å². The molecule has 0 aliphatic carbocycles. The van der Waals surface area contributed by atoms with Crippen LogP contribution in [0.4, 0.5) is 28.0 Å². The number of likely N-dealkylation sites (tertiary alicyclic amines) is 1. The Morgan fingerprint density at radius 1 is 1.22 bits per heavy atom. The SMILES string of the molecule is COCc1ccc(NC(=O)N2CC(c3ccccc3F)C2)cc1C(F)(F)F. The highest BCUT2D eigenvalue weighted by Gasteiger charge is 2.35. The van der Waals surface area contributed by atoms with Crippen LogP contribution in [0.5, 0.6) is 0 Å². The molecule has 1 heterocycles. The van der Waals surface area contributed by atoms with Crippen molar-refractivity contribution in [3.63, 3.8) is 0 Å². The number of hydrogen-bond donors (Lipinski definition) is 1. The quantitative estimate of drug-likeness (QED) is 0.784. The number of carbonyl (C=O) groups excluding carboxylic acids is 1. The zero-order chi connectivity index (χ0) is 19.6. The van der Waals surface area contributed by atoms with Gasteiger partial charge < -0.3 is 15.0 Å². The largest absolute Gasteiger partial charge is 0.416 e. The van der Waals surface area contributed by atoms with Crippen LogP contribution in [0.2, 0.25) is 0 Å². The third kappa shape index (κ3) is 4.21. The van der Waals surface area contributed by atoms with E-state index in [1.807, 2.05) is 0 Å². The van der Waals surface area contributed by atoms with Crippen molar-refractivity contribution in [3.05, 3.63) is 65.0 Å². The van der Waals surface area contributed by atoms with Gasteiger partial charge in [-0.05, 0) is 29.3 Å². The van der Waals surface area contributed by atoms with Crippen LogP contribution >= 0.6 is 0 Å². The Kier molecular flexibility index (Phi) is 5.36. The lowest BCUT2D eigenvalue weighted by atomic mass is 9.91. The Labute approximate surface area is 153 Å². The molecule has 2 aromatic carbocycles. The first-order valence-electron chi connectivity index (χ1n) is 8.29. The van der Waals surface area contributed by atoms with Crippen molar-refractivity contribution < 1.29 is 27.1 Å². The van der Waals surface area contributed by atoms with Crippen LogP contribution in [0.3, 0.4) is 0 Å². The fourth-order valence-electron chi connectivity index (χ4n) is 3.05. The summed E-state index contributed by atoms with van der Waals surface area (Å²) in [4.78, 5) is 13.7. The Morgan fingerprint density at radius 2 is 1.93 bits per heavy atom. The van der Waals surface area contributed by atoms with E-state index in [2.05, 4.69) is 5.32 Å². The maximum atomic E-state index is 13.8. The maximum Gasteiger partial charge on any atom is 0.416 e. The van der Waals surface area contributed by atoms with Gasteiger partial charge in [0.05, 0.1) is 12.2 Å². The van der Waals surface area contributed by atoms with Crippen LogP contribution in [0, 0.1) is 5.82 Å². The third-order valence-electron chi connectivity index (χ3n) is 4.48. The number of halogens is 4. The molecule has 2 amide bonds. The van der Waals surface area contributed by atoms with Crippen molar-refractivity contribution in [1.82, 2.24) is 4.90 Å². The molecule has 144 valence electrons. The molecular weight excluding hydrogens is 364 g/mol. The lowest BCUT2D eigenvalue weighted by Gasteiger charge is -2.39. The number of nitrogens with zero attached hydrogens (tertiary/aromatic N) is 1. The van der Waals surface area contributed by atoms with Crippen molar-refractivity contribution in [1.29, 1.82) is 0 Å². The Morgan fingerprint density at radius 3 is 2.56 bits per heavy atom. The van der Waals surface area contributed by atoms with E-state index < -0.39 is 17.8 Å². The lowest BCUT2D eigenvalue weighted by Crippen LogP contribution is -2.50. The molecule has 0 bridgehead atoms. The number of amides is 2. The van der Waals surface area contributed by atoms with E-state index in [0.717, 1.165) is 6.07 Å². The smallest absolute Gasteiger partial charge is 0.380 e. The first-order valence-corrected chi connectivity index (χ1v) is 8.29. The lowest BCUT2D eigenvalue weighted by molar-refractivity contribution is -0.138. The molecule has 1 fully saturated rings. The molecule has 0 unspecified atom stereocenters. The highest BCUT2D eigenvalue weighted by Crippen LogP contribution is 2.35. The molecule has 4 nitrogen and oxygen atoms in total. The molecule has 0 aromatic heterocycles. The molecule has 1 saturated heterocycles. The number of alkyl halides is 3. The van der Waals surface area contributed by atoms with Crippen molar-refractivity contribution >= 4 is 11.7 Å². The summed E-state index contributed by atoms with van der Waals surface area (Å²) >= 11 is 0. The molecule has 3 rings (SSSR count). The second-order valence-electron chi connectivity index (χ2n) is 6.36. The minimum Gasteiger partial charge on any atom is -0.380 e. The second-order valence-corrected chi connectivity index (χ2v) is 6.36. The molecule has 1 aliphatic heterocycles. The van der Waals surface area contributed by atoms with E-state index >= 15 is 0 Å². The van der Waals surface area contributed by atoms with Gasteiger partial charge in [0, 0.05) is 31.8 Å². The molecule has 27 heavy (non-hydrogen) atoms. The van der Waals surface area contributed by atoms with Crippen molar-refractivity contribution in [2.24, 2.45) is 0 Å². The first-order chi connectivity index (χ1) is 12.8. The van der Waals surface area contributed by atoms with Gasteiger partial charge in [-0.15, -0.1) is 0 Å². The maximum absolute atomic E-state index is 13.8. The van der Waals surface area contributed by atoms with Crippen LogP contribution in [-0.4, -0.2) is 31.1 Å². The highest BCUT2D eigenvalue weighted by molar-refractivity contribution is 5.90. The third-order valence-corrected chi connectivity index (χ3v) is 4.48. The number of anilines is 1. The predicted octanol–water partition coefficient (Wildman–Crippen LogP) is 4.62. The number of urea groups is 1. The minimum absolute atomic E-state index is 0.00781. The van der Waals surface area contributed by atoms with E-state index in [0.29, 0.717) is 18.7 Å². The summed E-state index contributed by atoms with van der Waals surface area (Å²) < 4.78 is 58.1. The number of hydrogen-bond acceptors (Lipinski definition) is 2. The molecule has 1 aliphatic rings. The highest BCUT2D eigenvalue weighted by atomic mass is 19.4. The molecule has 0 spiro atoms. The van der Waals surface area contributed by atoms with Crippen LogP contribution in [-0.2, 0) is 17.5 Å². The zero-order valence-corrected chi connectivity index (χ0v) is 14.5. The summed E-state index contributed by atoms with van der Waals surface area (Å²) in [6.45, 7) is 0.431. The molecule has 8 heteroatoms. The van der Waals surface area contributed by atoms with Crippen molar-refractivity contribution in [3.8, 4) is 0 Å². The van der Waals surface area contributed by atoms with Gasteiger partial charge in [0.25, 0.3) is 0 Å². The molecule has 0 radical (unpaired) electrons. The van der Waals surface area contributed by atoms with E-state index in [1.54, 1.807) is 18.2 Å². The van der Waals surface area contributed by atoms with E-state index in [4.69, 9.17) is 4.74 Å². The van der Waals surface area contributed by atoms with E-state index in [1.165, 1.54) is 30.2 Å². The van der Waals surface area contributed by atoms with Crippen molar-refractivity contribution in [2.45, 2.75) is 18.7 Å². The molecule has 2 aromatic rings. The first kappa shape index (κ1) is 19.2. The topological polar surface area (TPSA) is 41.6 Å². The Hall–Kier alpha value is -2.61. The normalized spacial score (nSPS) is 14.8. The number of carbonyl (C=O) groups is 1. The average Bonchev–Trinajstić information content (AvgIpc) is 2.56. The number of methoxy groups -OCH3 is 1. The molecular formula is C19H18F4N2O2. The van der Waals surface area contributed by atoms with Gasteiger partial charge in [0.2, 0.25) is 0 Å². The van der Waals surface area contributed by atoms with Gasteiger partial charge in [0.1, 0.15) is 5.82 Å². The van der Waals surface area contributed by atoms with Crippen LogP contribution in [0.15, 0.2) is 42.5 Å². The summed E-state index contributed by atoms with van der Waals surface area (Å²) in [5.74, 6) is -0.446. The molecule has 0 saturated carbocycles. The number of rotatable bonds is 4. The fraction of sp³-hybridized carbons (Fsp3) is 0.316. The minimum atomic E-state index is -4.55. The van der Waals surface area contributed by atoms with E-state index in [9.17, 15) is 22.4 Å². The summed E-state index contributed by atoms with van der Waals surface area (Å²) in [6.07, 6.45) is -4.55. The van der Waals surface area contributed by atoms with Gasteiger partial charge in [-0.25, -0.2) is 9.18 Å². The summed E-state index contributed by atoms with van der Waals surface area (Å²) in [5, 5.41) is 2.46. The molecule has 1 N–H and O–H groups in total. The van der Waals surface area contributed by atoms with Gasteiger partial charge in [-0.1, -0.05) is 24.3 Å². The Bertz CT molecular complexity index is 833. The summed E-state index contributed by atoms with van der Waals surface area (Å²) in [7, 11) is 1.31. The fourth-order valence-corrected chi connectivity index (χ4v) is 3.05. The summed E-state index contributed by atoms with van der Waals surface area (Å²) in [5.41, 5.74) is -0.284. The van der Waals surface area contributed by atoms with Gasteiger partial charge in [-0.3, -0.25) is 0 Å². The number of nitrogens with one attached hydrogen (secondary N) is 1. The van der Waals surface area contributed by atoms with Crippen LogP contribution < -0.4 is 5.32 Å². The van der Waals surface area contributed by atoms with Gasteiger partial charge in [0.15, 0.2) is 0 Å². The standard InChI is InChI=1S/C19H18F4N2O2/c1-27-11-12-6-7-14(8-16(12)19(21,22)23)24-18(26)25-9-13(10-25)15-4-2-3-5-17(15)20/h2-8,13H,9-11H2,1H3,(H,24,26). The monoisotopic (exact) mass is 382 g/mol. The molecule has 0 atom stereocenters. The second kappa shape index (κ2) is 7.56. The van der Waals surface area contributed by atoms with E-state index in [-0.39, 0.29) is 29.6 Å². The van der Waals surface area contributed by atoms with Crippen LogP contribution in [0.1, 0.15) is 22.6 Å². The number of benzene rings is 2. The number of ether oxygens (including phenoxy) is 1. The summed E-state index contributed by atoms with van der Waals surface area (Å²) in [6, 6.07) is 9.39. The van der Waals surface area contributed by atoms with Gasteiger partial charge in [-0.2, -0.15) is 13.2 Å². The van der Waals surface area contributed by atoms with Crippen molar-refractivity contribution in [2.75, 3.05) is 25.5 Å². The Balaban J connectivity index is 1.66. The average molecular weight is 382 g/mol. The zero-order valence-electron chi connectivity index (χ0n) is 14.5.